The molecule has 7 heteroatoms. The number of carboxylic acids is 1. The summed E-state index contributed by atoms with van der Waals surface area (Å²) in [5, 5.41) is 8.72. The first-order valence-electron chi connectivity index (χ1n) is 5.03. The molecule has 0 aliphatic carbocycles. The van der Waals surface area contributed by atoms with Gasteiger partial charge in [0.2, 0.25) is 0 Å². The van der Waals surface area contributed by atoms with Crippen LogP contribution in [0.3, 0.4) is 0 Å². The van der Waals surface area contributed by atoms with Crippen LogP contribution in [-0.2, 0) is 4.79 Å². The van der Waals surface area contributed by atoms with Gasteiger partial charge in [-0.15, -0.1) is 0 Å². The van der Waals surface area contributed by atoms with Crippen LogP contribution in [0.4, 0.5) is 0 Å². The van der Waals surface area contributed by atoms with Crippen LogP contribution >= 0.6 is 11.8 Å². The molecule has 1 heterocycles. The third kappa shape index (κ3) is 3.17. The molecular weight excluding hydrogens is 254 g/mol. The summed E-state index contributed by atoms with van der Waals surface area (Å²) in [6.45, 7) is 0. The lowest BCUT2D eigenvalue weighted by atomic mass is 10.2. The molecule has 0 saturated heterocycles. The highest BCUT2D eigenvalue weighted by molar-refractivity contribution is 7.99. The molecule has 1 aromatic carbocycles. The van der Waals surface area contributed by atoms with Crippen LogP contribution in [0.2, 0.25) is 0 Å². The maximum Gasteiger partial charge on any atom is 0.349 e. The number of aliphatic carboxylic acids is 1. The van der Waals surface area contributed by atoms with E-state index in [0.717, 1.165) is 17.3 Å². The zero-order chi connectivity index (χ0) is 13.0. The Balaban J connectivity index is 2.32. The van der Waals surface area contributed by atoms with Crippen molar-refractivity contribution in [1.82, 2.24) is 15.0 Å². The zero-order valence-corrected chi connectivity index (χ0v) is 9.98. The Hall–Kier alpha value is -2.15. The summed E-state index contributed by atoms with van der Waals surface area (Å²) in [6, 6.07) is 9.08. The van der Waals surface area contributed by atoms with Gasteiger partial charge in [0, 0.05) is 5.56 Å². The molecule has 92 valence electrons. The first kappa shape index (κ1) is 12.3. The average molecular weight is 263 g/mol. The highest BCUT2D eigenvalue weighted by Crippen LogP contribution is 2.16. The first-order valence-corrected chi connectivity index (χ1v) is 6.02. The van der Waals surface area contributed by atoms with E-state index in [2.05, 4.69) is 15.0 Å². The predicted octanol–water partition coefficient (Wildman–Crippen LogP) is 1.01. The van der Waals surface area contributed by atoms with Gasteiger partial charge in [0.05, 0.1) is 5.75 Å². The number of carboxylic acid groups (broad SMARTS) is 1. The molecule has 2 N–H and O–H groups in total. The highest BCUT2D eigenvalue weighted by atomic mass is 32.2. The molecule has 6 nitrogen and oxygen atoms in total. The summed E-state index contributed by atoms with van der Waals surface area (Å²) in [4.78, 5) is 32.0. The van der Waals surface area contributed by atoms with Gasteiger partial charge in [-0.05, 0) is 0 Å². The van der Waals surface area contributed by atoms with Gasteiger partial charge in [-0.1, -0.05) is 42.1 Å². The lowest BCUT2D eigenvalue weighted by Crippen LogP contribution is -2.14. The zero-order valence-electron chi connectivity index (χ0n) is 9.16. The monoisotopic (exact) mass is 263 g/mol. The van der Waals surface area contributed by atoms with E-state index in [0.29, 0.717) is 5.82 Å². The molecule has 0 spiro atoms. The minimum Gasteiger partial charge on any atom is -0.481 e. The number of hydrogen-bond donors (Lipinski definition) is 2. The van der Waals surface area contributed by atoms with Gasteiger partial charge in [-0.3, -0.25) is 9.78 Å². The number of aromatic amines is 1. The number of nitrogens with one attached hydrogen (secondary N) is 1. The number of rotatable bonds is 4. The molecule has 0 unspecified atom stereocenters. The normalized spacial score (nSPS) is 10.2. The Labute approximate surface area is 106 Å². The van der Waals surface area contributed by atoms with Gasteiger partial charge < -0.3 is 5.11 Å². The third-order valence-electron chi connectivity index (χ3n) is 2.00. The summed E-state index contributed by atoms with van der Waals surface area (Å²) in [7, 11) is 0. The predicted molar refractivity (Wildman–Crippen MR) is 66.4 cm³/mol. The molecular formula is C11H9N3O3S. The van der Waals surface area contributed by atoms with Crippen molar-refractivity contribution >= 4 is 17.7 Å². The van der Waals surface area contributed by atoms with Crippen molar-refractivity contribution in [3.05, 3.63) is 40.8 Å². The highest BCUT2D eigenvalue weighted by Gasteiger charge is 2.07. The number of nitrogens with zero attached hydrogens (tertiary/aromatic N) is 2. The van der Waals surface area contributed by atoms with Crippen LogP contribution < -0.4 is 5.69 Å². The van der Waals surface area contributed by atoms with Crippen molar-refractivity contribution in [2.45, 2.75) is 5.16 Å². The standard InChI is InChI=1S/C11H9N3O3S/c15-8(16)6-18-11-13-9(12-10(17)14-11)7-4-2-1-3-5-7/h1-5H,6H2,(H,15,16)(H,12,13,14,17). The summed E-state index contributed by atoms with van der Waals surface area (Å²) >= 11 is 0.910. The summed E-state index contributed by atoms with van der Waals surface area (Å²) in [5.74, 6) is -0.786. The lowest BCUT2D eigenvalue weighted by molar-refractivity contribution is -0.133. The van der Waals surface area contributed by atoms with Gasteiger partial charge in [0.1, 0.15) is 5.82 Å². The largest absolute Gasteiger partial charge is 0.481 e. The van der Waals surface area contributed by atoms with Crippen molar-refractivity contribution in [3.8, 4) is 11.4 Å². The number of hydrogen-bond acceptors (Lipinski definition) is 5. The van der Waals surface area contributed by atoms with Crippen molar-refractivity contribution in [3.63, 3.8) is 0 Å². The second-order valence-electron chi connectivity index (χ2n) is 3.33. The van der Waals surface area contributed by atoms with Crippen LogP contribution in [0.25, 0.3) is 11.4 Å². The second-order valence-corrected chi connectivity index (χ2v) is 4.28. The maximum absolute atomic E-state index is 11.4. The SMILES string of the molecule is O=C(O)CSc1nc(-c2ccccc2)[nH]c(=O)n1. The number of thioether (sulfide) groups is 1. The van der Waals surface area contributed by atoms with Crippen LogP contribution in [-0.4, -0.2) is 31.8 Å². The van der Waals surface area contributed by atoms with Crippen molar-refractivity contribution in [2.75, 3.05) is 5.75 Å². The Bertz CT molecular complexity index is 612. The van der Waals surface area contributed by atoms with Crippen molar-refractivity contribution < 1.29 is 9.90 Å². The van der Waals surface area contributed by atoms with Gasteiger partial charge in [-0.25, -0.2) is 9.78 Å². The summed E-state index contributed by atoms with van der Waals surface area (Å²) < 4.78 is 0. The Morgan fingerprint density at radius 1 is 1.28 bits per heavy atom. The first-order chi connectivity index (χ1) is 8.65. The third-order valence-corrected chi connectivity index (χ3v) is 2.83. The van der Waals surface area contributed by atoms with E-state index in [-0.39, 0.29) is 10.9 Å². The topological polar surface area (TPSA) is 95.9 Å². The number of carbonyl (C=O) groups is 1. The Kier molecular flexibility index (Phi) is 3.73. The van der Waals surface area contributed by atoms with E-state index in [9.17, 15) is 9.59 Å². The molecule has 2 rings (SSSR count). The number of aromatic nitrogens is 3. The van der Waals surface area contributed by atoms with Gasteiger partial charge in [0.15, 0.2) is 5.16 Å². The molecule has 2 aromatic rings. The van der Waals surface area contributed by atoms with E-state index in [1.54, 1.807) is 12.1 Å². The molecule has 0 atom stereocenters. The average Bonchev–Trinajstić information content (AvgIpc) is 2.37. The van der Waals surface area contributed by atoms with E-state index < -0.39 is 11.7 Å². The molecule has 0 aliphatic heterocycles. The molecule has 1 aromatic heterocycles. The van der Waals surface area contributed by atoms with Gasteiger partial charge >= 0.3 is 11.7 Å². The van der Waals surface area contributed by atoms with E-state index in [4.69, 9.17) is 5.11 Å². The molecule has 0 bridgehead atoms. The molecule has 0 saturated carbocycles. The molecule has 0 fully saturated rings. The van der Waals surface area contributed by atoms with E-state index in [1.165, 1.54) is 0 Å². The minimum absolute atomic E-state index is 0.153. The van der Waals surface area contributed by atoms with Crippen LogP contribution in [0.1, 0.15) is 0 Å². The van der Waals surface area contributed by atoms with Gasteiger partial charge in [0.25, 0.3) is 0 Å². The maximum atomic E-state index is 11.4. The van der Waals surface area contributed by atoms with Crippen LogP contribution in [0, 0.1) is 0 Å². The molecule has 0 aliphatic rings. The van der Waals surface area contributed by atoms with E-state index in [1.807, 2.05) is 18.2 Å². The van der Waals surface area contributed by atoms with Crippen LogP contribution in [0.5, 0.6) is 0 Å². The smallest absolute Gasteiger partial charge is 0.349 e. The molecule has 18 heavy (non-hydrogen) atoms. The Morgan fingerprint density at radius 3 is 2.67 bits per heavy atom. The fourth-order valence-corrected chi connectivity index (χ4v) is 1.84. The molecule has 0 radical (unpaired) electrons. The summed E-state index contributed by atoms with van der Waals surface area (Å²) in [6.07, 6.45) is 0. The quantitative estimate of drug-likeness (QED) is 0.799. The van der Waals surface area contributed by atoms with Crippen molar-refractivity contribution in [1.29, 1.82) is 0 Å². The van der Waals surface area contributed by atoms with Crippen LogP contribution in [0.15, 0.2) is 40.3 Å². The Morgan fingerprint density at radius 2 is 2.00 bits per heavy atom. The van der Waals surface area contributed by atoms with E-state index >= 15 is 0 Å². The number of H-pyrrole nitrogens is 1. The minimum atomic E-state index is -0.981. The van der Waals surface area contributed by atoms with Crippen molar-refractivity contribution in [2.24, 2.45) is 0 Å². The molecule has 0 amide bonds. The van der Waals surface area contributed by atoms with Gasteiger partial charge in [-0.2, -0.15) is 4.98 Å². The lowest BCUT2D eigenvalue weighted by Gasteiger charge is -2.01. The fourth-order valence-electron chi connectivity index (χ4n) is 1.29. The summed E-state index contributed by atoms with van der Waals surface area (Å²) in [5.41, 5.74) is 0.200. The fraction of sp³-hybridized carbons (Fsp3) is 0.0909. The second kappa shape index (κ2) is 5.46. The number of benzene rings is 1.